The SMILES string of the molecule is C=C(C)C(=O)NCCC[NH+](C)C.CCCS(=O)(=O)[O-]. The van der Waals surface area contributed by atoms with Crippen LogP contribution in [0.25, 0.3) is 0 Å². The van der Waals surface area contributed by atoms with Gasteiger partial charge in [0.05, 0.1) is 30.8 Å². The minimum Gasteiger partial charge on any atom is -0.748 e. The molecule has 7 heteroatoms. The van der Waals surface area contributed by atoms with Crippen molar-refractivity contribution in [3.05, 3.63) is 12.2 Å². The highest BCUT2D eigenvalue weighted by Crippen LogP contribution is 1.84. The molecule has 0 aliphatic carbocycles. The third-order valence-electron chi connectivity index (χ3n) is 1.98. The fraction of sp³-hybridized carbons (Fsp3) is 0.750. The van der Waals surface area contributed by atoms with E-state index >= 15 is 0 Å². The molecule has 0 bridgehead atoms. The van der Waals surface area contributed by atoms with Crippen LogP contribution in [0.15, 0.2) is 12.2 Å². The summed E-state index contributed by atoms with van der Waals surface area (Å²) in [7, 11) is 0.271. The molecule has 0 radical (unpaired) electrons. The minimum atomic E-state index is -3.92. The second-order valence-corrected chi connectivity index (χ2v) is 6.13. The first-order chi connectivity index (χ1) is 8.60. The summed E-state index contributed by atoms with van der Waals surface area (Å²) in [5.74, 6) is -0.281. The molecule has 0 aromatic heterocycles. The molecular weight excluding hydrogens is 268 g/mol. The molecule has 0 atom stereocenters. The molecule has 0 aromatic rings. The van der Waals surface area contributed by atoms with Gasteiger partial charge in [-0.15, -0.1) is 0 Å². The van der Waals surface area contributed by atoms with Gasteiger partial charge >= 0.3 is 0 Å². The summed E-state index contributed by atoms with van der Waals surface area (Å²) >= 11 is 0. The van der Waals surface area contributed by atoms with Crippen LogP contribution in [0.4, 0.5) is 0 Å². The summed E-state index contributed by atoms with van der Waals surface area (Å²) in [6.45, 7) is 8.74. The standard InChI is InChI=1S/C9H18N2O.C3H8O3S/c1-8(2)9(12)10-6-5-7-11(3)4;1-2-3-7(4,5)6/h1,5-7H2,2-4H3,(H,10,12);2-3H2,1H3,(H,4,5,6). The van der Waals surface area contributed by atoms with Crippen LogP contribution >= 0.6 is 0 Å². The average Bonchev–Trinajstić information content (AvgIpc) is 2.22. The van der Waals surface area contributed by atoms with E-state index in [2.05, 4.69) is 26.0 Å². The second kappa shape index (κ2) is 11.0. The number of nitrogens with one attached hydrogen (secondary N) is 2. The minimum absolute atomic E-state index is 0.0382. The molecule has 0 spiro atoms. The summed E-state index contributed by atoms with van der Waals surface area (Å²) in [5.41, 5.74) is 0.576. The number of hydrogen-bond donors (Lipinski definition) is 2. The Morgan fingerprint density at radius 2 is 1.89 bits per heavy atom. The lowest BCUT2D eigenvalue weighted by molar-refractivity contribution is -0.858. The zero-order chi connectivity index (χ0) is 15.5. The van der Waals surface area contributed by atoms with Crippen molar-refractivity contribution in [1.82, 2.24) is 5.32 Å². The molecule has 0 aliphatic heterocycles. The van der Waals surface area contributed by atoms with E-state index in [0.717, 1.165) is 19.5 Å². The van der Waals surface area contributed by atoms with Crippen LogP contribution in [0.3, 0.4) is 0 Å². The summed E-state index contributed by atoms with van der Waals surface area (Å²) in [4.78, 5) is 12.4. The van der Waals surface area contributed by atoms with Gasteiger partial charge < -0.3 is 14.8 Å². The fourth-order valence-corrected chi connectivity index (χ4v) is 1.54. The van der Waals surface area contributed by atoms with E-state index in [0.29, 0.717) is 12.0 Å². The number of carbonyl (C=O) groups is 1. The van der Waals surface area contributed by atoms with Crippen LogP contribution in [-0.4, -0.2) is 51.8 Å². The van der Waals surface area contributed by atoms with Gasteiger partial charge in [-0.2, -0.15) is 0 Å². The molecule has 0 fully saturated rings. The summed E-state index contributed by atoms with van der Waals surface area (Å²) in [5, 5.41) is 2.79. The highest BCUT2D eigenvalue weighted by Gasteiger charge is 2.00. The number of amides is 1. The molecule has 19 heavy (non-hydrogen) atoms. The highest BCUT2D eigenvalue weighted by molar-refractivity contribution is 7.85. The Morgan fingerprint density at radius 3 is 2.16 bits per heavy atom. The zero-order valence-corrected chi connectivity index (χ0v) is 13.1. The normalized spacial score (nSPS) is 10.6. The van der Waals surface area contributed by atoms with Gasteiger partial charge in [-0.3, -0.25) is 4.79 Å². The van der Waals surface area contributed by atoms with E-state index in [1.54, 1.807) is 13.8 Å². The van der Waals surface area contributed by atoms with Crippen molar-refractivity contribution in [2.75, 3.05) is 32.9 Å². The van der Waals surface area contributed by atoms with E-state index in [-0.39, 0.29) is 11.7 Å². The van der Waals surface area contributed by atoms with Gasteiger partial charge in [0.25, 0.3) is 0 Å². The van der Waals surface area contributed by atoms with Crippen molar-refractivity contribution in [2.24, 2.45) is 0 Å². The number of quaternary nitrogens is 1. The van der Waals surface area contributed by atoms with Gasteiger partial charge in [0.15, 0.2) is 0 Å². The monoisotopic (exact) mass is 294 g/mol. The maximum atomic E-state index is 11.0. The first-order valence-corrected chi connectivity index (χ1v) is 7.84. The van der Waals surface area contributed by atoms with E-state index in [4.69, 9.17) is 0 Å². The third-order valence-corrected chi connectivity index (χ3v) is 2.89. The average molecular weight is 294 g/mol. The van der Waals surface area contributed by atoms with Crippen LogP contribution in [0.2, 0.25) is 0 Å². The molecule has 0 unspecified atom stereocenters. The lowest BCUT2D eigenvalue weighted by Gasteiger charge is -2.07. The molecule has 0 saturated heterocycles. The van der Waals surface area contributed by atoms with Crippen LogP contribution in [0, 0.1) is 0 Å². The molecule has 0 saturated carbocycles. The van der Waals surface area contributed by atoms with Gasteiger partial charge in [-0.05, 0) is 13.3 Å². The largest absolute Gasteiger partial charge is 0.748 e. The zero-order valence-electron chi connectivity index (χ0n) is 12.3. The molecular formula is C12H26N2O4S. The predicted octanol–water partition coefficient (Wildman–Crippen LogP) is -0.845. The molecule has 114 valence electrons. The van der Waals surface area contributed by atoms with Gasteiger partial charge in [-0.25, -0.2) is 8.42 Å². The number of rotatable bonds is 7. The summed E-state index contributed by atoms with van der Waals surface area (Å²) in [6, 6.07) is 0. The quantitative estimate of drug-likeness (QED) is 0.364. The maximum absolute atomic E-state index is 11.0. The molecule has 0 aromatic carbocycles. The van der Waals surface area contributed by atoms with Crippen molar-refractivity contribution < 1.29 is 22.7 Å². The van der Waals surface area contributed by atoms with Crippen molar-refractivity contribution in [1.29, 1.82) is 0 Å². The fourth-order valence-electron chi connectivity index (χ4n) is 1.04. The van der Waals surface area contributed by atoms with E-state index < -0.39 is 10.1 Å². The Morgan fingerprint density at radius 1 is 1.37 bits per heavy atom. The van der Waals surface area contributed by atoms with Crippen LogP contribution < -0.4 is 10.2 Å². The molecule has 1 amide bonds. The Bertz CT molecular complexity index is 364. The van der Waals surface area contributed by atoms with Gasteiger partial charge in [0.2, 0.25) is 5.91 Å². The van der Waals surface area contributed by atoms with Gasteiger partial charge in [-0.1, -0.05) is 13.5 Å². The maximum Gasteiger partial charge on any atom is 0.246 e. The first kappa shape index (κ1) is 20.4. The van der Waals surface area contributed by atoms with Crippen LogP contribution in [0.5, 0.6) is 0 Å². The highest BCUT2D eigenvalue weighted by atomic mass is 32.2. The van der Waals surface area contributed by atoms with Gasteiger partial charge in [0, 0.05) is 24.3 Å². The van der Waals surface area contributed by atoms with Crippen molar-refractivity contribution in [2.45, 2.75) is 26.7 Å². The van der Waals surface area contributed by atoms with E-state index in [1.165, 1.54) is 4.90 Å². The lowest BCUT2D eigenvalue weighted by atomic mass is 10.3. The molecule has 0 rings (SSSR count). The molecule has 0 heterocycles. The van der Waals surface area contributed by atoms with Crippen molar-refractivity contribution >= 4 is 16.0 Å². The van der Waals surface area contributed by atoms with Crippen LogP contribution in [0.1, 0.15) is 26.7 Å². The smallest absolute Gasteiger partial charge is 0.246 e. The van der Waals surface area contributed by atoms with Crippen LogP contribution in [-0.2, 0) is 14.9 Å². The third kappa shape index (κ3) is 19.6. The second-order valence-electron chi connectivity index (χ2n) is 4.61. The van der Waals surface area contributed by atoms with Gasteiger partial charge in [0.1, 0.15) is 0 Å². The topological polar surface area (TPSA) is 90.7 Å². The number of carbonyl (C=O) groups excluding carboxylic acids is 1. The predicted molar refractivity (Wildman–Crippen MR) is 75.0 cm³/mol. The lowest BCUT2D eigenvalue weighted by Crippen LogP contribution is -3.05. The van der Waals surface area contributed by atoms with E-state index in [1.807, 2.05) is 0 Å². The van der Waals surface area contributed by atoms with E-state index in [9.17, 15) is 17.8 Å². The Kier molecular flexibility index (Phi) is 11.8. The summed E-state index contributed by atoms with van der Waals surface area (Å²) in [6.07, 6.45) is 1.42. The Labute approximate surface area is 116 Å². The molecule has 6 nitrogen and oxygen atoms in total. The summed E-state index contributed by atoms with van der Waals surface area (Å²) < 4.78 is 29.0. The molecule has 2 N–H and O–H groups in total. The number of hydrogen-bond acceptors (Lipinski definition) is 4. The molecule has 0 aliphatic rings. The van der Waals surface area contributed by atoms with Crippen molar-refractivity contribution in [3.8, 4) is 0 Å². The Hall–Kier alpha value is -0.920. The first-order valence-electron chi connectivity index (χ1n) is 6.26. The van der Waals surface area contributed by atoms with Crippen molar-refractivity contribution in [3.63, 3.8) is 0 Å². The Balaban J connectivity index is 0.